The van der Waals surface area contributed by atoms with Crippen LogP contribution >= 0.6 is 11.6 Å². The summed E-state index contributed by atoms with van der Waals surface area (Å²) in [6.45, 7) is 0. The number of hydrogen-bond acceptors (Lipinski definition) is 4. The van der Waals surface area contributed by atoms with E-state index in [1.165, 1.54) is 24.3 Å². The Bertz CT molecular complexity index is 1050. The number of hydrogen-bond donors (Lipinski definition) is 1. The molecule has 3 rings (SSSR count). The van der Waals surface area contributed by atoms with Crippen LogP contribution in [-0.2, 0) is 14.3 Å². The summed E-state index contributed by atoms with van der Waals surface area (Å²) in [5.41, 5.74) is 1.28. The van der Waals surface area contributed by atoms with Gasteiger partial charge in [-0.1, -0.05) is 54.1 Å². The molecule has 0 aliphatic carbocycles. The first-order valence-corrected chi connectivity index (χ1v) is 9.90. The second-order valence-corrected chi connectivity index (χ2v) is 7.14. The van der Waals surface area contributed by atoms with E-state index in [2.05, 4.69) is 5.32 Å². The molecule has 5 nitrogen and oxygen atoms in total. The lowest BCUT2D eigenvalue weighted by molar-refractivity contribution is -0.148. The van der Waals surface area contributed by atoms with Crippen LogP contribution in [0.1, 0.15) is 34.9 Å². The Morgan fingerprint density at radius 1 is 0.871 bits per heavy atom. The molecule has 0 saturated heterocycles. The van der Waals surface area contributed by atoms with Crippen LogP contribution in [0.4, 0.5) is 10.1 Å². The van der Waals surface area contributed by atoms with E-state index in [4.69, 9.17) is 16.3 Å². The number of ether oxygens (including phenoxy) is 1. The minimum absolute atomic E-state index is 0.150. The minimum Gasteiger partial charge on any atom is -0.449 e. The summed E-state index contributed by atoms with van der Waals surface area (Å²) in [5, 5.41) is 3.05. The molecular formula is C24H19ClFNO4. The van der Waals surface area contributed by atoms with Gasteiger partial charge in [-0.15, -0.1) is 0 Å². The van der Waals surface area contributed by atoms with E-state index >= 15 is 0 Å². The van der Waals surface area contributed by atoms with Crippen LogP contribution in [0.15, 0.2) is 78.9 Å². The van der Waals surface area contributed by atoms with Crippen molar-refractivity contribution in [3.05, 3.63) is 101 Å². The Labute approximate surface area is 183 Å². The number of esters is 1. The lowest BCUT2D eigenvalue weighted by atomic mass is 10.00. The molecular weight excluding hydrogens is 421 g/mol. The summed E-state index contributed by atoms with van der Waals surface area (Å²) in [4.78, 5) is 37.4. The topological polar surface area (TPSA) is 72.5 Å². The Hall–Kier alpha value is -3.51. The van der Waals surface area contributed by atoms with Crippen molar-refractivity contribution in [2.24, 2.45) is 0 Å². The van der Waals surface area contributed by atoms with Crippen LogP contribution < -0.4 is 5.32 Å². The molecule has 0 spiro atoms. The van der Waals surface area contributed by atoms with Crippen molar-refractivity contribution < 1.29 is 23.5 Å². The fraction of sp³-hybridized carbons (Fsp3) is 0.125. The van der Waals surface area contributed by atoms with Gasteiger partial charge in [0.05, 0.1) is 6.42 Å². The molecule has 7 heteroatoms. The number of halogens is 2. The first kappa shape index (κ1) is 22.2. The van der Waals surface area contributed by atoms with Gasteiger partial charge in [0.25, 0.3) is 0 Å². The summed E-state index contributed by atoms with van der Waals surface area (Å²) in [6.07, 6.45) is -1.53. The maximum atomic E-state index is 13.0. The van der Waals surface area contributed by atoms with Gasteiger partial charge in [-0.2, -0.15) is 0 Å². The van der Waals surface area contributed by atoms with Gasteiger partial charge in [-0.25, -0.2) is 4.39 Å². The molecule has 1 N–H and O–H groups in total. The zero-order chi connectivity index (χ0) is 22.2. The molecule has 3 aromatic carbocycles. The van der Waals surface area contributed by atoms with Crippen LogP contribution in [0.3, 0.4) is 0 Å². The molecule has 0 fully saturated rings. The Morgan fingerprint density at radius 2 is 1.52 bits per heavy atom. The van der Waals surface area contributed by atoms with Gasteiger partial charge in [0.1, 0.15) is 5.82 Å². The second kappa shape index (κ2) is 10.5. The van der Waals surface area contributed by atoms with Crippen LogP contribution in [0.2, 0.25) is 5.02 Å². The second-order valence-electron chi connectivity index (χ2n) is 6.71. The zero-order valence-corrected chi connectivity index (χ0v) is 17.1. The molecule has 0 aromatic heterocycles. The first-order chi connectivity index (χ1) is 14.9. The Kier molecular flexibility index (Phi) is 7.51. The smallest absolute Gasteiger partial charge is 0.307 e. The number of nitrogens with one attached hydrogen (secondary N) is 1. The first-order valence-electron chi connectivity index (χ1n) is 9.52. The highest BCUT2D eigenvalue weighted by atomic mass is 35.5. The SMILES string of the molecule is O=C(CCC(=O)O[C@H](C(=O)c1ccccc1)c1ccc(Cl)cc1)Nc1ccc(F)cc1. The lowest BCUT2D eigenvalue weighted by Crippen LogP contribution is -2.21. The van der Waals surface area contributed by atoms with Crippen LogP contribution in [0.25, 0.3) is 0 Å². The highest BCUT2D eigenvalue weighted by Gasteiger charge is 2.26. The molecule has 158 valence electrons. The number of benzene rings is 3. The number of Topliss-reactive ketones (excluding diaryl/α,β-unsaturated/α-hetero) is 1. The average molecular weight is 440 g/mol. The predicted molar refractivity (Wildman–Crippen MR) is 115 cm³/mol. The monoisotopic (exact) mass is 439 g/mol. The maximum Gasteiger partial charge on any atom is 0.307 e. The molecule has 0 saturated carbocycles. The Morgan fingerprint density at radius 3 is 2.16 bits per heavy atom. The van der Waals surface area contributed by atoms with Gasteiger partial charge < -0.3 is 10.1 Å². The van der Waals surface area contributed by atoms with Crippen molar-refractivity contribution in [3.8, 4) is 0 Å². The van der Waals surface area contributed by atoms with E-state index in [9.17, 15) is 18.8 Å². The maximum absolute atomic E-state index is 13.0. The van der Waals surface area contributed by atoms with Gasteiger partial charge in [0.2, 0.25) is 11.7 Å². The van der Waals surface area contributed by atoms with Crippen molar-refractivity contribution in [3.63, 3.8) is 0 Å². The van der Waals surface area contributed by atoms with E-state index in [1.807, 2.05) is 0 Å². The third kappa shape index (κ3) is 6.49. The third-order valence-electron chi connectivity index (χ3n) is 4.40. The third-order valence-corrected chi connectivity index (χ3v) is 4.65. The Balaban J connectivity index is 1.65. The largest absolute Gasteiger partial charge is 0.449 e. The number of carbonyl (C=O) groups is 3. The van der Waals surface area contributed by atoms with Crippen LogP contribution in [0.5, 0.6) is 0 Å². The summed E-state index contributed by atoms with van der Waals surface area (Å²) >= 11 is 5.92. The molecule has 0 radical (unpaired) electrons. The van der Waals surface area contributed by atoms with Crippen molar-refractivity contribution in [2.75, 3.05) is 5.32 Å². The fourth-order valence-corrected chi connectivity index (χ4v) is 2.95. The summed E-state index contributed by atoms with van der Waals surface area (Å²) < 4.78 is 18.4. The van der Waals surface area contributed by atoms with Crippen molar-refractivity contribution in [1.29, 1.82) is 0 Å². The molecule has 1 atom stereocenters. The highest BCUT2D eigenvalue weighted by molar-refractivity contribution is 6.30. The van der Waals surface area contributed by atoms with Gasteiger partial charge >= 0.3 is 5.97 Å². The normalized spacial score (nSPS) is 11.4. The number of ketones is 1. The number of carbonyl (C=O) groups excluding carboxylic acids is 3. The standard InChI is InChI=1S/C24H19ClFNO4/c25-18-8-6-17(7-9-18)24(23(30)16-4-2-1-3-5-16)31-22(29)15-14-21(28)27-20-12-10-19(26)11-13-20/h1-13,24H,14-15H2,(H,27,28)/t24-/m0/s1. The van der Waals surface area contributed by atoms with Crippen molar-refractivity contribution in [1.82, 2.24) is 0 Å². The fourth-order valence-electron chi connectivity index (χ4n) is 2.83. The predicted octanol–water partition coefficient (Wildman–Crippen LogP) is 5.37. The van der Waals surface area contributed by atoms with Crippen LogP contribution in [0, 0.1) is 5.82 Å². The molecule has 0 bridgehead atoms. The van der Waals surface area contributed by atoms with E-state index < -0.39 is 23.8 Å². The zero-order valence-electron chi connectivity index (χ0n) is 16.4. The minimum atomic E-state index is -1.16. The molecule has 1 amide bonds. The lowest BCUT2D eigenvalue weighted by Gasteiger charge is -2.17. The molecule has 3 aromatic rings. The van der Waals surface area contributed by atoms with E-state index in [0.29, 0.717) is 21.8 Å². The van der Waals surface area contributed by atoms with Crippen molar-refractivity contribution >= 4 is 34.9 Å². The highest BCUT2D eigenvalue weighted by Crippen LogP contribution is 2.25. The quantitative estimate of drug-likeness (QED) is 0.378. The molecule has 0 aliphatic heterocycles. The molecule has 31 heavy (non-hydrogen) atoms. The summed E-state index contributed by atoms with van der Waals surface area (Å²) in [6, 6.07) is 20.2. The van der Waals surface area contributed by atoms with Gasteiger partial charge in [-0.3, -0.25) is 14.4 Å². The number of anilines is 1. The molecule has 0 heterocycles. The average Bonchev–Trinajstić information content (AvgIpc) is 2.78. The summed E-state index contributed by atoms with van der Waals surface area (Å²) in [5.74, 6) is -1.93. The van der Waals surface area contributed by atoms with Gasteiger partial charge in [0, 0.05) is 28.3 Å². The van der Waals surface area contributed by atoms with Crippen LogP contribution in [-0.4, -0.2) is 17.7 Å². The van der Waals surface area contributed by atoms with Gasteiger partial charge in [0.15, 0.2) is 6.10 Å². The van der Waals surface area contributed by atoms with E-state index in [-0.39, 0.29) is 18.6 Å². The van der Waals surface area contributed by atoms with E-state index in [1.54, 1.807) is 54.6 Å². The van der Waals surface area contributed by atoms with Crippen molar-refractivity contribution in [2.45, 2.75) is 18.9 Å². The number of amides is 1. The molecule has 0 aliphatic rings. The summed E-state index contributed by atoms with van der Waals surface area (Å²) in [7, 11) is 0. The van der Waals surface area contributed by atoms with Gasteiger partial charge in [-0.05, 0) is 36.4 Å². The van der Waals surface area contributed by atoms with E-state index in [0.717, 1.165) is 0 Å². The molecule has 0 unspecified atom stereocenters. The number of rotatable bonds is 8.